The van der Waals surface area contributed by atoms with Crippen molar-refractivity contribution >= 4 is 11.6 Å². The van der Waals surface area contributed by atoms with Crippen LogP contribution in [0.25, 0.3) is 0 Å². The average molecular weight is 288 g/mol. The molecule has 2 unspecified atom stereocenters. The highest BCUT2D eigenvalue weighted by molar-refractivity contribution is 6.31. The molecule has 0 amide bonds. The summed E-state index contributed by atoms with van der Waals surface area (Å²) in [6, 6.07) is 4.64. The molecule has 1 aromatic carbocycles. The van der Waals surface area contributed by atoms with Crippen LogP contribution in [0.4, 0.5) is 4.39 Å². The van der Waals surface area contributed by atoms with Crippen LogP contribution in [0.3, 0.4) is 0 Å². The van der Waals surface area contributed by atoms with Gasteiger partial charge in [0.05, 0.1) is 6.10 Å². The highest BCUT2D eigenvalue weighted by atomic mass is 35.5. The second-order valence-corrected chi connectivity index (χ2v) is 4.91. The Morgan fingerprint density at radius 1 is 1.32 bits per heavy atom. The summed E-state index contributed by atoms with van der Waals surface area (Å²) in [6.45, 7) is 7.66. The second kappa shape index (κ2) is 8.51. The first-order valence-corrected chi connectivity index (χ1v) is 7.29. The molecule has 1 rings (SSSR count). The molecule has 0 bridgehead atoms. The molecule has 0 aliphatic rings. The lowest BCUT2D eigenvalue weighted by molar-refractivity contribution is 0.0323. The van der Waals surface area contributed by atoms with E-state index in [-0.39, 0.29) is 18.0 Å². The third kappa shape index (κ3) is 5.09. The van der Waals surface area contributed by atoms with E-state index in [4.69, 9.17) is 16.3 Å². The van der Waals surface area contributed by atoms with Gasteiger partial charge >= 0.3 is 0 Å². The molecule has 1 aromatic rings. The zero-order chi connectivity index (χ0) is 14.3. The smallest absolute Gasteiger partial charge is 0.123 e. The van der Waals surface area contributed by atoms with E-state index < -0.39 is 0 Å². The maximum absolute atomic E-state index is 13.3. The van der Waals surface area contributed by atoms with Gasteiger partial charge in [0.25, 0.3) is 0 Å². The third-order valence-electron chi connectivity index (χ3n) is 3.15. The van der Waals surface area contributed by atoms with Crippen molar-refractivity contribution in [2.45, 2.75) is 45.8 Å². The SMILES string of the molecule is CCNC(Cc1cc(F)ccc1Cl)C(CC)OCC. The van der Waals surface area contributed by atoms with Crippen LogP contribution in [0, 0.1) is 5.82 Å². The molecular weight excluding hydrogens is 265 g/mol. The van der Waals surface area contributed by atoms with Crippen LogP contribution >= 0.6 is 11.6 Å². The van der Waals surface area contributed by atoms with E-state index in [0.717, 1.165) is 18.5 Å². The van der Waals surface area contributed by atoms with E-state index >= 15 is 0 Å². The fraction of sp³-hybridized carbons (Fsp3) is 0.600. The number of likely N-dealkylation sites (N-methyl/N-ethyl adjacent to an activating group) is 1. The third-order valence-corrected chi connectivity index (χ3v) is 3.51. The zero-order valence-corrected chi connectivity index (χ0v) is 12.6. The van der Waals surface area contributed by atoms with Crippen molar-refractivity contribution in [2.75, 3.05) is 13.2 Å². The van der Waals surface area contributed by atoms with Crippen LogP contribution < -0.4 is 5.32 Å². The lowest BCUT2D eigenvalue weighted by atomic mass is 9.99. The molecule has 1 N–H and O–H groups in total. The molecule has 108 valence electrons. The average Bonchev–Trinajstić information content (AvgIpc) is 2.39. The number of hydrogen-bond acceptors (Lipinski definition) is 2. The maximum atomic E-state index is 13.3. The Labute approximate surface area is 120 Å². The van der Waals surface area contributed by atoms with Crippen molar-refractivity contribution in [3.63, 3.8) is 0 Å². The van der Waals surface area contributed by atoms with Gasteiger partial charge < -0.3 is 10.1 Å². The van der Waals surface area contributed by atoms with Gasteiger partial charge in [-0.3, -0.25) is 0 Å². The van der Waals surface area contributed by atoms with E-state index in [0.29, 0.717) is 18.1 Å². The van der Waals surface area contributed by atoms with Gasteiger partial charge in [-0.05, 0) is 50.1 Å². The molecule has 0 spiro atoms. The molecule has 0 saturated carbocycles. The number of benzene rings is 1. The summed E-state index contributed by atoms with van der Waals surface area (Å²) >= 11 is 6.13. The summed E-state index contributed by atoms with van der Waals surface area (Å²) in [5.41, 5.74) is 0.825. The van der Waals surface area contributed by atoms with E-state index in [1.165, 1.54) is 12.1 Å². The Morgan fingerprint density at radius 2 is 2.05 bits per heavy atom. The summed E-state index contributed by atoms with van der Waals surface area (Å²) in [5.74, 6) is -0.251. The molecule has 0 aromatic heterocycles. The standard InChI is InChI=1S/C15H23ClFNO/c1-4-15(19-6-3)14(18-5-2)10-11-9-12(17)7-8-13(11)16/h7-9,14-15,18H,4-6,10H2,1-3H3. The van der Waals surface area contributed by atoms with E-state index in [1.807, 2.05) is 6.92 Å². The lowest BCUT2D eigenvalue weighted by Crippen LogP contribution is -2.42. The highest BCUT2D eigenvalue weighted by Gasteiger charge is 2.21. The van der Waals surface area contributed by atoms with Gasteiger partial charge in [-0.25, -0.2) is 4.39 Å². The molecule has 0 aliphatic carbocycles. The Hall–Kier alpha value is -0.640. The summed E-state index contributed by atoms with van der Waals surface area (Å²) in [4.78, 5) is 0. The van der Waals surface area contributed by atoms with Crippen LogP contribution in [-0.2, 0) is 11.2 Å². The first-order valence-electron chi connectivity index (χ1n) is 6.91. The fourth-order valence-corrected chi connectivity index (χ4v) is 2.46. The van der Waals surface area contributed by atoms with E-state index in [9.17, 15) is 4.39 Å². The molecule has 2 atom stereocenters. The molecule has 2 nitrogen and oxygen atoms in total. The molecule has 0 saturated heterocycles. The summed E-state index contributed by atoms with van der Waals surface area (Å²) < 4.78 is 19.1. The quantitative estimate of drug-likeness (QED) is 0.785. The first-order chi connectivity index (χ1) is 9.12. The molecule has 0 heterocycles. The number of nitrogens with one attached hydrogen (secondary N) is 1. The van der Waals surface area contributed by atoms with E-state index in [2.05, 4.69) is 19.2 Å². The lowest BCUT2D eigenvalue weighted by Gasteiger charge is -2.27. The molecule has 0 aliphatic heterocycles. The predicted octanol–water partition coefficient (Wildman–Crippen LogP) is 3.81. The Kier molecular flexibility index (Phi) is 7.36. The highest BCUT2D eigenvalue weighted by Crippen LogP contribution is 2.20. The van der Waals surface area contributed by atoms with Gasteiger partial charge in [-0.1, -0.05) is 25.4 Å². The van der Waals surface area contributed by atoms with Gasteiger partial charge in [-0.2, -0.15) is 0 Å². The summed E-state index contributed by atoms with van der Waals surface area (Å²) in [6.07, 6.45) is 1.70. The van der Waals surface area contributed by atoms with Gasteiger partial charge in [-0.15, -0.1) is 0 Å². The largest absolute Gasteiger partial charge is 0.377 e. The maximum Gasteiger partial charge on any atom is 0.123 e. The van der Waals surface area contributed by atoms with Crippen LogP contribution in [0.15, 0.2) is 18.2 Å². The van der Waals surface area contributed by atoms with Crippen molar-refractivity contribution < 1.29 is 9.13 Å². The van der Waals surface area contributed by atoms with Gasteiger partial charge in [0.1, 0.15) is 5.82 Å². The van der Waals surface area contributed by atoms with Crippen LogP contribution in [0.5, 0.6) is 0 Å². The van der Waals surface area contributed by atoms with Crippen molar-refractivity contribution in [1.82, 2.24) is 5.32 Å². The summed E-state index contributed by atoms with van der Waals surface area (Å²) in [7, 11) is 0. The van der Waals surface area contributed by atoms with Crippen molar-refractivity contribution in [2.24, 2.45) is 0 Å². The minimum Gasteiger partial charge on any atom is -0.377 e. The molecular formula is C15H23ClFNO. The molecule has 0 radical (unpaired) electrons. The Morgan fingerprint density at radius 3 is 2.63 bits per heavy atom. The predicted molar refractivity (Wildman–Crippen MR) is 78.3 cm³/mol. The second-order valence-electron chi connectivity index (χ2n) is 4.51. The van der Waals surface area contributed by atoms with Gasteiger partial charge in [0.15, 0.2) is 0 Å². The number of halogens is 2. The first kappa shape index (κ1) is 16.4. The molecule has 0 fully saturated rings. The molecule has 19 heavy (non-hydrogen) atoms. The van der Waals surface area contributed by atoms with Crippen molar-refractivity contribution in [3.8, 4) is 0 Å². The monoisotopic (exact) mass is 287 g/mol. The van der Waals surface area contributed by atoms with Crippen LogP contribution in [0.1, 0.15) is 32.8 Å². The number of rotatable bonds is 8. The number of ether oxygens (including phenoxy) is 1. The minimum atomic E-state index is -0.251. The number of hydrogen-bond donors (Lipinski definition) is 1. The fourth-order valence-electron chi connectivity index (χ4n) is 2.27. The van der Waals surface area contributed by atoms with Gasteiger partial charge in [0.2, 0.25) is 0 Å². The van der Waals surface area contributed by atoms with Crippen LogP contribution in [0.2, 0.25) is 5.02 Å². The topological polar surface area (TPSA) is 21.3 Å². The Balaban J connectivity index is 2.84. The van der Waals surface area contributed by atoms with Crippen molar-refractivity contribution in [3.05, 3.63) is 34.6 Å². The Bertz CT molecular complexity index is 386. The van der Waals surface area contributed by atoms with Crippen LogP contribution in [-0.4, -0.2) is 25.3 Å². The zero-order valence-electron chi connectivity index (χ0n) is 11.9. The van der Waals surface area contributed by atoms with E-state index in [1.54, 1.807) is 6.07 Å². The van der Waals surface area contributed by atoms with Crippen molar-refractivity contribution in [1.29, 1.82) is 0 Å². The summed E-state index contributed by atoms with van der Waals surface area (Å²) in [5, 5.41) is 4.01. The van der Waals surface area contributed by atoms with Gasteiger partial charge in [0, 0.05) is 17.7 Å². The minimum absolute atomic E-state index is 0.115. The molecule has 4 heteroatoms. The normalized spacial score (nSPS) is 14.4.